The molecule has 4 aliphatic rings. The molecule has 1 aromatic carbocycles. The zero-order valence-corrected chi connectivity index (χ0v) is 23.9. The van der Waals surface area contributed by atoms with Crippen molar-refractivity contribution in [1.82, 2.24) is 0 Å². The fourth-order valence-electron chi connectivity index (χ4n) is 8.53. The lowest BCUT2D eigenvalue weighted by Crippen LogP contribution is -2.64. The second-order valence-electron chi connectivity index (χ2n) is 12.6. The first kappa shape index (κ1) is 29.4. The van der Waals surface area contributed by atoms with Gasteiger partial charge in [-0.3, -0.25) is 19.2 Å². The third-order valence-corrected chi connectivity index (χ3v) is 10.3. The summed E-state index contributed by atoms with van der Waals surface area (Å²) in [5.74, 6) is -2.75. The molecule has 8 heteroatoms. The van der Waals surface area contributed by atoms with Crippen LogP contribution in [0.4, 0.5) is 4.39 Å². The van der Waals surface area contributed by atoms with Crippen molar-refractivity contribution in [1.29, 1.82) is 0 Å². The second-order valence-corrected chi connectivity index (χ2v) is 12.6. The number of ketones is 2. The molecule has 0 spiro atoms. The first-order valence-corrected chi connectivity index (χ1v) is 14.7. The molecule has 0 saturated heterocycles. The molecule has 4 aliphatic carbocycles. The van der Waals surface area contributed by atoms with Crippen LogP contribution in [-0.2, 0) is 35.1 Å². The van der Waals surface area contributed by atoms with Crippen molar-refractivity contribution in [2.24, 2.45) is 28.6 Å². The van der Waals surface area contributed by atoms with E-state index in [9.17, 15) is 24.3 Å². The Labute approximate surface area is 240 Å². The van der Waals surface area contributed by atoms with E-state index in [2.05, 4.69) is 0 Å². The van der Waals surface area contributed by atoms with E-state index in [4.69, 9.17) is 9.47 Å². The molecule has 5 rings (SSSR count). The van der Waals surface area contributed by atoms with Gasteiger partial charge in [-0.15, -0.1) is 0 Å². The summed E-state index contributed by atoms with van der Waals surface area (Å²) in [6, 6.07) is 9.04. The quantitative estimate of drug-likeness (QED) is 0.457. The van der Waals surface area contributed by atoms with Gasteiger partial charge in [-0.05, 0) is 67.2 Å². The third kappa shape index (κ3) is 4.88. The first-order valence-electron chi connectivity index (χ1n) is 14.7. The molecule has 0 radical (unpaired) electrons. The maximum Gasteiger partial charge on any atom is 0.310 e. The van der Waals surface area contributed by atoms with E-state index < -0.39 is 53.0 Å². The van der Waals surface area contributed by atoms with E-state index in [-0.39, 0.29) is 55.6 Å². The summed E-state index contributed by atoms with van der Waals surface area (Å²) in [4.78, 5) is 51.6. The molecule has 0 aliphatic heterocycles. The first-order chi connectivity index (χ1) is 19.4. The topological polar surface area (TPSA) is 107 Å². The number of carbonyl (C=O) groups is 4. The van der Waals surface area contributed by atoms with E-state index in [0.29, 0.717) is 18.4 Å². The van der Waals surface area contributed by atoms with Gasteiger partial charge in [0.25, 0.3) is 0 Å². The van der Waals surface area contributed by atoms with Gasteiger partial charge in [0.1, 0.15) is 6.17 Å². The minimum absolute atomic E-state index is 0.00143. The summed E-state index contributed by atoms with van der Waals surface area (Å²) >= 11 is 0. The number of rotatable bonds is 8. The fraction of sp³-hybridized carbons (Fsp3) is 0.576. The molecule has 0 bridgehead atoms. The molecule has 0 aromatic heterocycles. The number of aliphatic hydroxyl groups is 1. The van der Waals surface area contributed by atoms with Gasteiger partial charge in [0.15, 0.2) is 18.0 Å². The molecule has 7 nitrogen and oxygen atoms in total. The van der Waals surface area contributed by atoms with Crippen molar-refractivity contribution in [3.63, 3.8) is 0 Å². The molecule has 220 valence electrons. The molecule has 3 saturated carbocycles. The zero-order chi connectivity index (χ0) is 29.6. The molecule has 0 heterocycles. The van der Waals surface area contributed by atoms with Crippen LogP contribution in [0.15, 0.2) is 54.1 Å². The smallest absolute Gasteiger partial charge is 0.310 e. The SMILES string of the molecule is CCCC(=O)O[C@@]1(C(=O)COC(=O)Cc2ccccc2)CC[C@H]2[C@@H]3CC(F)C4=CC(=O)C=C[C@]4(C)[C@H]3[C@@H](O)C[C@@]21C. The highest BCUT2D eigenvalue weighted by molar-refractivity contribution is 6.01. The van der Waals surface area contributed by atoms with Gasteiger partial charge in [0.2, 0.25) is 5.78 Å². The standard InChI is InChI=1S/C33H39FO7/c1-4-8-28(38)41-33(27(37)19-40-29(39)15-20-9-6-5-7-10-20)14-12-23-22-17-25(34)24-16-21(35)11-13-31(24,2)30(22)26(36)18-32(23,33)3/h5-7,9-11,13,16,22-23,25-26,30,36H,4,8,12,14-15,17-19H2,1-3H3/t22-,23-,25?,26-,30+,31-,32-,33+/m0/s1. The number of aliphatic hydroxyl groups excluding tert-OH is 1. The van der Waals surface area contributed by atoms with Gasteiger partial charge in [-0.1, -0.05) is 57.2 Å². The summed E-state index contributed by atoms with van der Waals surface area (Å²) in [6.07, 6.45) is 3.86. The number of fused-ring (bicyclic) bond motifs is 5. The molecule has 1 aromatic rings. The predicted molar refractivity (Wildman–Crippen MR) is 148 cm³/mol. The molecule has 0 amide bonds. The lowest BCUT2D eigenvalue weighted by molar-refractivity contribution is -0.202. The van der Waals surface area contributed by atoms with Gasteiger partial charge in [0, 0.05) is 23.2 Å². The Morgan fingerprint density at radius 2 is 1.85 bits per heavy atom. The number of hydrogen-bond acceptors (Lipinski definition) is 7. The number of Topliss-reactive ketones (excluding diaryl/α,β-unsaturated/α-hetero) is 1. The van der Waals surface area contributed by atoms with Crippen LogP contribution < -0.4 is 0 Å². The van der Waals surface area contributed by atoms with Crippen LogP contribution in [0.1, 0.15) is 64.9 Å². The van der Waals surface area contributed by atoms with Crippen LogP contribution >= 0.6 is 0 Å². The maximum atomic E-state index is 15.7. The highest BCUT2D eigenvalue weighted by atomic mass is 19.1. The van der Waals surface area contributed by atoms with E-state index >= 15 is 4.39 Å². The number of allylic oxidation sites excluding steroid dienone is 4. The van der Waals surface area contributed by atoms with Crippen LogP contribution in [0.25, 0.3) is 0 Å². The average molecular weight is 567 g/mol. The van der Waals surface area contributed by atoms with Crippen molar-refractivity contribution in [3.05, 3.63) is 59.7 Å². The van der Waals surface area contributed by atoms with E-state index in [1.54, 1.807) is 18.2 Å². The highest BCUT2D eigenvalue weighted by Crippen LogP contribution is 2.68. The van der Waals surface area contributed by atoms with Crippen molar-refractivity contribution < 1.29 is 38.1 Å². The van der Waals surface area contributed by atoms with E-state index in [1.165, 1.54) is 12.2 Å². The number of benzene rings is 1. The number of esters is 2. The number of alkyl halides is 1. The van der Waals surface area contributed by atoms with Crippen molar-refractivity contribution in [2.75, 3.05) is 6.61 Å². The van der Waals surface area contributed by atoms with Gasteiger partial charge in [0.05, 0.1) is 12.5 Å². The molecule has 8 atom stereocenters. The van der Waals surface area contributed by atoms with Crippen LogP contribution in [0.5, 0.6) is 0 Å². The second kappa shape index (κ2) is 10.9. The van der Waals surface area contributed by atoms with Crippen molar-refractivity contribution in [2.45, 2.75) is 83.6 Å². The fourth-order valence-corrected chi connectivity index (χ4v) is 8.53. The van der Waals surface area contributed by atoms with E-state index in [1.807, 2.05) is 39.0 Å². The Hall–Kier alpha value is -3.13. The zero-order valence-electron chi connectivity index (χ0n) is 23.9. The highest BCUT2D eigenvalue weighted by Gasteiger charge is 2.71. The van der Waals surface area contributed by atoms with Gasteiger partial charge in [-0.2, -0.15) is 0 Å². The lowest BCUT2D eigenvalue weighted by Gasteiger charge is -2.60. The average Bonchev–Trinajstić information content (AvgIpc) is 3.21. The molecule has 1 N–H and O–H groups in total. The Morgan fingerprint density at radius 3 is 2.56 bits per heavy atom. The van der Waals surface area contributed by atoms with Crippen LogP contribution in [0.2, 0.25) is 0 Å². The van der Waals surface area contributed by atoms with Crippen LogP contribution in [-0.4, -0.2) is 53.1 Å². The normalized spacial score (nSPS) is 37.3. The number of carbonyl (C=O) groups excluding carboxylic acids is 4. The Bertz CT molecular complexity index is 1290. The lowest BCUT2D eigenvalue weighted by atomic mass is 9.46. The van der Waals surface area contributed by atoms with Gasteiger partial charge < -0.3 is 14.6 Å². The molecular weight excluding hydrogens is 527 g/mol. The number of hydrogen-bond donors (Lipinski definition) is 1. The summed E-state index contributed by atoms with van der Waals surface area (Å²) in [5, 5.41) is 11.7. The summed E-state index contributed by atoms with van der Waals surface area (Å²) in [6.45, 7) is 5.01. The maximum absolute atomic E-state index is 15.7. The van der Waals surface area contributed by atoms with Gasteiger partial charge >= 0.3 is 11.9 Å². The summed E-state index contributed by atoms with van der Waals surface area (Å²) in [5.41, 5.74) is -2.29. The monoisotopic (exact) mass is 566 g/mol. The number of halogens is 1. The Balaban J connectivity index is 1.44. The molecule has 1 unspecified atom stereocenters. The molecule has 3 fully saturated rings. The third-order valence-electron chi connectivity index (χ3n) is 10.3. The largest absolute Gasteiger partial charge is 0.457 e. The summed E-state index contributed by atoms with van der Waals surface area (Å²) in [7, 11) is 0. The van der Waals surface area contributed by atoms with Crippen molar-refractivity contribution >= 4 is 23.5 Å². The Morgan fingerprint density at radius 1 is 1.12 bits per heavy atom. The predicted octanol–water partition coefficient (Wildman–Crippen LogP) is 4.65. The minimum Gasteiger partial charge on any atom is -0.457 e. The van der Waals surface area contributed by atoms with Gasteiger partial charge in [-0.25, -0.2) is 4.39 Å². The van der Waals surface area contributed by atoms with Crippen LogP contribution in [0.3, 0.4) is 0 Å². The van der Waals surface area contributed by atoms with Crippen LogP contribution in [0, 0.1) is 28.6 Å². The number of ether oxygens (including phenoxy) is 2. The molecule has 41 heavy (non-hydrogen) atoms. The molecular formula is C33H39FO7. The minimum atomic E-state index is -1.61. The van der Waals surface area contributed by atoms with Crippen molar-refractivity contribution in [3.8, 4) is 0 Å². The summed E-state index contributed by atoms with van der Waals surface area (Å²) < 4.78 is 27.2. The van der Waals surface area contributed by atoms with E-state index in [0.717, 1.165) is 5.56 Å². The Kier molecular flexibility index (Phi) is 7.83.